The fraction of sp³-hybridized carbons (Fsp3) is 0.312. The molecule has 1 heterocycles. The number of benzene rings is 1. The third-order valence-electron chi connectivity index (χ3n) is 2.87. The third-order valence-corrected chi connectivity index (χ3v) is 2.87. The fourth-order valence-electron chi connectivity index (χ4n) is 1.83. The van der Waals surface area contributed by atoms with Crippen LogP contribution in [0, 0.1) is 0 Å². The molecule has 0 fully saturated rings. The Balaban J connectivity index is 1.59. The molecule has 0 aliphatic rings. The molecule has 0 aliphatic carbocycles. The van der Waals surface area contributed by atoms with E-state index in [0.717, 1.165) is 30.4 Å². The van der Waals surface area contributed by atoms with Crippen LogP contribution in [-0.4, -0.2) is 32.7 Å². The van der Waals surface area contributed by atoms with Crippen molar-refractivity contribution in [3.63, 3.8) is 0 Å². The van der Waals surface area contributed by atoms with Gasteiger partial charge in [0, 0.05) is 20.0 Å². The van der Waals surface area contributed by atoms with E-state index < -0.39 is 0 Å². The lowest BCUT2D eigenvalue weighted by atomic mass is 10.3. The van der Waals surface area contributed by atoms with Gasteiger partial charge in [0.15, 0.2) is 5.96 Å². The molecule has 0 radical (unpaired) electrons. The summed E-state index contributed by atoms with van der Waals surface area (Å²) in [4.78, 5) is 4.16. The predicted molar refractivity (Wildman–Crippen MR) is 83.7 cm³/mol. The Hall–Kier alpha value is -2.43. The first-order valence-electron chi connectivity index (χ1n) is 7.03. The van der Waals surface area contributed by atoms with E-state index in [0.29, 0.717) is 13.2 Å². The van der Waals surface area contributed by atoms with Gasteiger partial charge in [-0.3, -0.25) is 4.99 Å². The van der Waals surface area contributed by atoms with Gasteiger partial charge in [-0.1, -0.05) is 18.2 Å². The first kappa shape index (κ1) is 15.0. The van der Waals surface area contributed by atoms with Crippen molar-refractivity contribution in [2.45, 2.75) is 6.42 Å². The number of furan rings is 1. The summed E-state index contributed by atoms with van der Waals surface area (Å²) in [6.07, 6.45) is 2.51. The molecule has 21 heavy (non-hydrogen) atoms. The van der Waals surface area contributed by atoms with Gasteiger partial charge in [0.05, 0.1) is 12.8 Å². The SMILES string of the molecule is CN=C(NCCOc1ccccc1)NCCc1ccco1. The Morgan fingerprint density at radius 3 is 2.62 bits per heavy atom. The van der Waals surface area contributed by atoms with E-state index >= 15 is 0 Å². The van der Waals surface area contributed by atoms with Crippen LogP contribution in [-0.2, 0) is 6.42 Å². The van der Waals surface area contributed by atoms with Gasteiger partial charge < -0.3 is 19.8 Å². The van der Waals surface area contributed by atoms with Crippen LogP contribution in [0.25, 0.3) is 0 Å². The Morgan fingerprint density at radius 2 is 1.90 bits per heavy atom. The highest BCUT2D eigenvalue weighted by Gasteiger charge is 1.99. The lowest BCUT2D eigenvalue weighted by Gasteiger charge is -2.12. The van der Waals surface area contributed by atoms with E-state index in [-0.39, 0.29) is 0 Å². The number of aliphatic imine (C=N–C) groups is 1. The molecule has 2 rings (SSSR count). The number of hydrogen-bond donors (Lipinski definition) is 2. The summed E-state index contributed by atoms with van der Waals surface area (Å²) in [5, 5.41) is 6.43. The summed E-state index contributed by atoms with van der Waals surface area (Å²) in [5.74, 6) is 2.60. The van der Waals surface area contributed by atoms with E-state index in [2.05, 4.69) is 15.6 Å². The molecule has 0 bridgehead atoms. The van der Waals surface area contributed by atoms with E-state index in [1.807, 2.05) is 42.5 Å². The molecule has 0 spiro atoms. The molecule has 1 aromatic heterocycles. The number of nitrogens with one attached hydrogen (secondary N) is 2. The van der Waals surface area contributed by atoms with E-state index in [1.165, 1.54) is 0 Å². The van der Waals surface area contributed by atoms with Gasteiger partial charge in [-0.25, -0.2) is 0 Å². The van der Waals surface area contributed by atoms with E-state index in [9.17, 15) is 0 Å². The molecule has 5 heteroatoms. The largest absolute Gasteiger partial charge is 0.492 e. The van der Waals surface area contributed by atoms with Crippen molar-refractivity contribution in [2.75, 3.05) is 26.7 Å². The van der Waals surface area contributed by atoms with Gasteiger partial charge in [0.1, 0.15) is 18.1 Å². The van der Waals surface area contributed by atoms with Crippen LogP contribution in [0.2, 0.25) is 0 Å². The number of guanidine groups is 1. The lowest BCUT2D eigenvalue weighted by Crippen LogP contribution is -2.40. The Kier molecular flexibility index (Phi) is 6.19. The molecule has 0 aliphatic heterocycles. The molecule has 0 atom stereocenters. The van der Waals surface area contributed by atoms with Crippen molar-refractivity contribution < 1.29 is 9.15 Å². The second-order valence-electron chi connectivity index (χ2n) is 4.42. The molecule has 0 unspecified atom stereocenters. The molecule has 2 N–H and O–H groups in total. The van der Waals surface area contributed by atoms with Crippen molar-refractivity contribution >= 4 is 5.96 Å². The highest BCUT2D eigenvalue weighted by molar-refractivity contribution is 5.79. The second kappa shape index (κ2) is 8.68. The van der Waals surface area contributed by atoms with Crippen LogP contribution >= 0.6 is 0 Å². The average molecular weight is 287 g/mol. The number of rotatable bonds is 7. The van der Waals surface area contributed by atoms with Crippen molar-refractivity contribution in [1.29, 1.82) is 0 Å². The number of nitrogens with zero attached hydrogens (tertiary/aromatic N) is 1. The summed E-state index contributed by atoms with van der Waals surface area (Å²) in [6.45, 7) is 2.05. The standard InChI is InChI=1S/C16H21N3O2/c1-17-16(18-10-9-15-8-5-12-20-15)19-11-13-21-14-6-3-2-4-7-14/h2-8,12H,9-11,13H2,1H3,(H2,17,18,19). The number of ether oxygens (including phenoxy) is 1. The summed E-state index contributed by atoms with van der Waals surface area (Å²) >= 11 is 0. The molecule has 1 aromatic carbocycles. The maximum atomic E-state index is 5.60. The lowest BCUT2D eigenvalue weighted by molar-refractivity contribution is 0.322. The van der Waals surface area contributed by atoms with Gasteiger partial charge in [-0.05, 0) is 24.3 Å². The summed E-state index contributed by atoms with van der Waals surface area (Å²) in [7, 11) is 1.75. The Bertz CT molecular complexity index is 524. The first-order chi connectivity index (χ1) is 10.4. The summed E-state index contributed by atoms with van der Waals surface area (Å²) in [6, 6.07) is 13.6. The zero-order valence-corrected chi connectivity index (χ0v) is 12.2. The molecule has 5 nitrogen and oxygen atoms in total. The van der Waals surface area contributed by atoms with Gasteiger partial charge in [0.25, 0.3) is 0 Å². The topological polar surface area (TPSA) is 58.8 Å². The van der Waals surface area contributed by atoms with Crippen LogP contribution in [0.4, 0.5) is 0 Å². The molecule has 0 amide bonds. The monoisotopic (exact) mass is 287 g/mol. The van der Waals surface area contributed by atoms with Gasteiger partial charge in [0.2, 0.25) is 0 Å². The van der Waals surface area contributed by atoms with E-state index in [4.69, 9.17) is 9.15 Å². The minimum Gasteiger partial charge on any atom is -0.492 e. The molecular weight excluding hydrogens is 266 g/mol. The average Bonchev–Trinajstić information content (AvgIpc) is 3.04. The van der Waals surface area contributed by atoms with Crippen molar-refractivity contribution in [3.8, 4) is 5.75 Å². The van der Waals surface area contributed by atoms with Crippen LogP contribution in [0.5, 0.6) is 5.75 Å². The van der Waals surface area contributed by atoms with Crippen LogP contribution < -0.4 is 15.4 Å². The highest BCUT2D eigenvalue weighted by Crippen LogP contribution is 2.07. The van der Waals surface area contributed by atoms with E-state index in [1.54, 1.807) is 13.3 Å². The number of hydrogen-bond acceptors (Lipinski definition) is 3. The second-order valence-corrected chi connectivity index (χ2v) is 4.42. The van der Waals surface area contributed by atoms with Gasteiger partial charge >= 0.3 is 0 Å². The van der Waals surface area contributed by atoms with Crippen LogP contribution in [0.1, 0.15) is 5.76 Å². The minimum absolute atomic E-state index is 0.586. The molecule has 0 saturated heterocycles. The quantitative estimate of drug-likeness (QED) is 0.465. The number of para-hydroxylation sites is 1. The van der Waals surface area contributed by atoms with Crippen molar-refractivity contribution in [3.05, 3.63) is 54.5 Å². The maximum Gasteiger partial charge on any atom is 0.191 e. The molecular formula is C16H21N3O2. The normalized spacial score (nSPS) is 11.2. The van der Waals surface area contributed by atoms with Crippen molar-refractivity contribution in [1.82, 2.24) is 10.6 Å². The predicted octanol–water partition coefficient (Wildman–Crippen LogP) is 2.07. The smallest absolute Gasteiger partial charge is 0.191 e. The Morgan fingerprint density at radius 1 is 1.10 bits per heavy atom. The fourth-order valence-corrected chi connectivity index (χ4v) is 1.83. The van der Waals surface area contributed by atoms with Gasteiger partial charge in [-0.15, -0.1) is 0 Å². The molecule has 0 saturated carbocycles. The Labute approximate surface area is 125 Å². The molecule has 112 valence electrons. The summed E-state index contributed by atoms with van der Waals surface area (Å²) < 4.78 is 10.9. The zero-order chi connectivity index (χ0) is 14.8. The molecule has 2 aromatic rings. The highest BCUT2D eigenvalue weighted by atomic mass is 16.5. The van der Waals surface area contributed by atoms with Crippen LogP contribution in [0.3, 0.4) is 0 Å². The van der Waals surface area contributed by atoms with Crippen molar-refractivity contribution in [2.24, 2.45) is 4.99 Å². The maximum absolute atomic E-state index is 5.60. The minimum atomic E-state index is 0.586. The van der Waals surface area contributed by atoms with Crippen LogP contribution in [0.15, 0.2) is 58.1 Å². The third kappa shape index (κ3) is 5.60. The summed E-state index contributed by atoms with van der Waals surface area (Å²) in [5.41, 5.74) is 0. The zero-order valence-electron chi connectivity index (χ0n) is 12.2. The first-order valence-corrected chi connectivity index (χ1v) is 7.03. The van der Waals surface area contributed by atoms with Gasteiger partial charge in [-0.2, -0.15) is 0 Å².